The number of hydrogen-bond acceptors (Lipinski definition) is 8. The molecule has 38 heavy (non-hydrogen) atoms. The monoisotopic (exact) mass is 515 g/mol. The molecule has 3 N–H and O–H groups in total. The molecule has 0 saturated carbocycles. The van der Waals surface area contributed by atoms with E-state index in [1.807, 2.05) is 59.3 Å². The summed E-state index contributed by atoms with van der Waals surface area (Å²) >= 11 is 0. The van der Waals surface area contributed by atoms with Crippen molar-refractivity contribution >= 4 is 17.7 Å². The van der Waals surface area contributed by atoms with E-state index >= 15 is 0 Å². The molecule has 4 rings (SSSR count). The predicted octanol–water partition coefficient (Wildman–Crippen LogP) is 3.78. The minimum absolute atomic E-state index is 0.242. The minimum Gasteiger partial charge on any atom is -0.493 e. The van der Waals surface area contributed by atoms with Crippen molar-refractivity contribution in [3.8, 4) is 11.5 Å². The number of ether oxygens (including phenoxy) is 2. The van der Waals surface area contributed by atoms with Gasteiger partial charge in [-0.15, -0.1) is 0 Å². The Kier molecular flexibility index (Phi) is 9.50. The molecule has 0 aliphatic rings. The third-order valence-corrected chi connectivity index (χ3v) is 5.92. The highest BCUT2D eigenvalue weighted by Crippen LogP contribution is 2.27. The molecule has 2 aromatic heterocycles. The Hall–Kier alpha value is -4.60. The Bertz CT molecular complexity index is 1300. The molecule has 198 valence electrons. The SMILES string of the molecule is COc1ccc(CCNc2nc(NCCCn3ccnc3)ncc2C(=O)NCc2ccccc2)cc1OC. The maximum Gasteiger partial charge on any atom is 0.256 e. The van der Waals surface area contributed by atoms with E-state index in [2.05, 4.69) is 30.9 Å². The van der Waals surface area contributed by atoms with Gasteiger partial charge in [0.25, 0.3) is 5.91 Å². The van der Waals surface area contributed by atoms with E-state index in [0.717, 1.165) is 24.1 Å². The number of imidazole rings is 1. The zero-order valence-electron chi connectivity index (χ0n) is 21.7. The second-order valence-corrected chi connectivity index (χ2v) is 8.57. The van der Waals surface area contributed by atoms with Gasteiger partial charge in [-0.3, -0.25) is 4.79 Å². The number of carbonyl (C=O) groups excluding carboxylic acids is 1. The topological polar surface area (TPSA) is 115 Å². The van der Waals surface area contributed by atoms with Crippen LogP contribution >= 0.6 is 0 Å². The first-order chi connectivity index (χ1) is 18.7. The van der Waals surface area contributed by atoms with E-state index in [9.17, 15) is 4.79 Å². The highest BCUT2D eigenvalue weighted by molar-refractivity contribution is 5.98. The number of amides is 1. The van der Waals surface area contributed by atoms with Crippen molar-refractivity contribution in [1.29, 1.82) is 0 Å². The number of aromatic nitrogens is 4. The second-order valence-electron chi connectivity index (χ2n) is 8.57. The van der Waals surface area contributed by atoms with Crippen LogP contribution in [-0.2, 0) is 19.5 Å². The van der Waals surface area contributed by atoms with Crippen molar-refractivity contribution in [1.82, 2.24) is 24.8 Å². The molecule has 10 nitrogen and oxygen atoms in total. The number of aryl methyl sites for hydroxylation is 1. The summed E-state index contributed by atoms with van der Waals surface area (Å²) in [6.07, 6.45) is 8.62. The van der Waals surface area contributed by atoms with Gasteiger partial charge < -0.3 is 30.0 Å². The van der Waals surface area contributed by atoms with E-state index in [-0.39, 0.29) is 5.91 Å². The lowest BCUT2D eigenvalue weighted by Gasteiger charge is -2.14. The summed E-state index contributed by atoms with van der Waals surface area (Å²) in [7, 11) is 3.23. The molecule has 0 saturated heterocycles. The molecule has 0 fully saturated rings. The van der Waals surface area contributed by atoms with Gasteiger partial charge in [0.2, 0.25) is 5.95 Å². The average Bonchev–Trinajstić information content (AvgIpc) is 3.48. The Labute approximate surface area is 222 Å². The van der Waals surface area contributed by atoms with Gasteiger partial charge >= 0.3 is 0 Å². The van der Waals surface area contributed by atoms with Crippen LogP contribution in [0.15, 0.2) is 73.4 Å². The van der Waals surface area contributed by atoms with Crippen molar-refractivity contribution in [2.24, 2.45) is 0 Å². The van der Waals surface area contributed by atoms with Crippen LogP contribution in [0.2, 0.25) is 0 Å². The van der Waals surface area contributed by atoms with Crippen LogP contribution in [0.1, 0.15) is 27.9 Å². The molecular weight excluding hydrogens is 482 g/mol. The molecular formula is C28H33N7O3. The number of methoxy groups -OCH3 is 2. The Morgan fingerprint density at radius 1 is 0.974 bits per heavy atom. The lowest BCUT2D eigenvalue weighted by molar-refractivity contribution is 0.0951. The fourth-order valence-electron chi connectivity index (χ4n) is 3.88. The number of benzene rings is 2. The molecule has 0 unspecified atom stereocenters. The van der Waals surface area contributed by atoms with Crippen molar-refractivity contribution in [3.63, 3.8) is 0 Å². The van der Waals surface area contributed by atoms with E-state index in [1.54, 1.807) is 32.9 Å². The largest absolute Gasteiger partial charge is 0.493 e. The van der Waals surface area contributed by atoms with Gasteiger partial charge in [0.1, 0.15) is 11.4 Å². The third kappa shape index (κ3) is 7.45. The summed E-state index contributed by atoms with van der Waals surface area (Å²) < 4.78 is 12.8. The lowest BCUT2D eigenvalue weighted by Crippen LogP contribution is -2.25. The number of rotatable bonds is 14. The molecule has 2 aromatic carbocycles. The number of carbonyl (C=O) groups is 1. The summed E-state index contributed by atoms with van der Waals surface area (Å²) in [6.45, 7) is 2.50. The highest BCUT2D eigenvalue weighted by atomic mass is 16.5. The van der Waals surface area contributed by atoms with Crippen molar-refractivity contribution in [3.05, 3.63) is 90.1 Å². The molecule has 0 spiro atoms. The summed E-state index contributed by atoms with van der Waals surface area (Å²) in [6, 6.07) is 15.6. The molecule has 0 aliphatic carbocycles. The average molecular weight is 516 g/mol. The smallest absolute Gasteiger partial charge is 0.256 e. The number of anilines is 2. The zero-order valence-corrected chi connectivity index (χ0v) is 21.7. The highest BCUT2D eigenvalue weighted by Gasteiger charge is 2.15. The second kappa shape index (κ2) is 13.6. The Morgan fingerprint density at radius 3 is 2.58 bits per heavy atom. The Morgan fingerprint density at radius 2 is 1.82 bits per heavy atom. The van der Waals surface area contributed by atoms with Crippen molar-refractivity contribution < 1.29 is 14.3 Å². The summed E-state index contributed by atoms with van der Waals surface area (Å²) in [5.74, 6) is 2.05. The standard InChI is InChI=1S/C28H33N7O3/c1-37-24-10-9-21(17-25(24)38-2)11-13-30-26-23(27(36)32-18-22-7-4-3-5-8-22)19-33-28(34-26)31-12-6-15-35-16-14-29-20-35/h3-5,7-10,14,16-17,19-20H,6,11-13,15,18H2,1-2H3,(H,32,36)(H2,30,31,33,34). The van der Waals surface area contributed by atoms with Crippen LogP contribution < -0.4 is 25.4 Å². The fourth-order valence-corrected chi connectivity index (χ4v) is 3.88. The van der Waals surface area contributed by atoms with Crippen LogP contribution in [0, 0.1) is 0 Å². The molecule has 10 heteroatoms. The van der Waals surface area contributed by atoms with Gasteiger partial charge in [-0.1, -0.05) is 36.4 Å². The molecule has 0 bridgehead atoms. The van der Waals surface area contributed by atoms with Crippen LogP contribution in [0.25, 0.3) is 0 Å². The van der Waals surface area contributed by atoms with Crippen LogP contribution in [0.3, 0.4) is 0 Å². The Balaban J connectivity index is 1.41. The minimum atomic E-state index is -0.242. The quantitative estimate of drug-likeness (QED) is 0.217. The zero-order chi connectivity index (χ0) is 26.6. The van der Waals surface area contributed by atoms with Crippen LogP contribution in [-0.4, -0.2) is 52.7 Å². The van der Waals surface area contributed by atoms with Crippen LogP contribution in [0.5, 0.6) is 11.5 Å². The molecule has 2 heterocycles. The van der Waals surface area contributed by atoms with E-state index in [0.29, 0.717) is 54.9 Å². The van der Waals surface area contributed by atoms with Gasteiger partial charge in [0.15, 0.2) is 11.5 Å². The maximum atomic E-state index is 13.0. The molecule has 1 amide bonds. The first-order valence-electron chi connectivity index (χ1n) is 12.5. The van der Waals surface area contributed by atoms with E-state index < -0.39 is 0 Å². The van der Waals surface area contributed by atoms with Gasteiger partial charge in [-0.05, 0) is 36.1 Å². The lowest BCUT2D eigenvalue weighted by atomic mass is 10.1. The van der Waals surface area contributed by atoms with Crippen LogP contribution in [0.4, 0.5) is 11.8 Å². The van der Waals surface area contributed by atoms with Gasteiger partial charge in [-0.25, -0.2) is 9.97 Å². The summed E-state index contributed by atoms with van der Waals surface area (Å²) in [5, 5.41) is 9.53. The number of nitrogens with zero attached hydrogens (tertiary/aromatic N) is 4. The van der Waals surface area contributed by atoms with Gasteiger partial charge in [0.05, 0.1) is 20.5 Å². The number of hydrogen-bond donors (Lipinski definition) is 3. The molecule has 0 atom stereocenters. The van der Waals surface area contributed by atoms with Gasteiger partial charge in [-0.2, -0.15) is 4.98 Å². The predicted molar refractivity (Wildman–Crippen MR) is 147 cm³/mol. The molecule has 4 aromatic rings. The normalized spacial score (nSPS) is 10.6. The summed E-state index contributed by atoms with van der Waals surface area (Å²) in [5.41, 5.74) is 2.47. The summed E-state index contributed by atoms with van der Waals surface area (Å²) in [4.78, 5) is 26.1. The van der Waals surface area contributed by atoms with Crippen molar-refractivity contribution in [2.45, 2.75) is 25.9 Å². The maximum absolute atomic E-state index is 13.0. The third-order valence-electron chi connectivity index (χ3n) is 5.92. The first kappa shape index (κ1) is 26.5. The van der Waals surface area contributed by atoms with E-state index in [1.165, 1.54) is 0 Å². The molecule has 0 aliphatic heterocycles. The number of nitrogens with one attached hydrogen (secondary N) is 3. The first-order valence-corrected chi connectivity index (χ1v) is 12.5. The molecule has 0 radical (unpaired) electrons. The van der Waals surface area contributed by atoms with E-state index in [4.69, 9.17) is 9.47 Å². The van der Waals surface area contributed by atoms with Gasteiger partial charge in [0, 0.05) is 44.8 Å². The fraction of sp³-hybridized carbons (Fsp3) is 0.286. The van der Waals surface area contributed by atoms with Crippen molar-refractivity contribution in [2.75, 3.05) is 37.9 Å².